The Kier molecular flexibility index (Phi) is 5.64. The van der Waals surface area contributed by atoms with E-state index in [-0.39, 0.29) is 17.9 Å². The van der Waals surface area contributed by atoms with Gasteiger partial charge >= 0.3 is 6.18 Å². The lowest BCUT2D eigenvalue weighted by molar-refractivity contribution is -0.173. The number of amides is 1. The second-order valence-corrected chi connectivity index (χ2v) is 7.16. The summed E-state index contributed by atoms with van der Waals surface area (Å²) in [4.78, 5) is 16.4. The molecule has 2 N–H and O–H groups in total. The molecule has 4 rings (SSSR count). The van der Waals surface area contributed by atoms with E-state index >= 15 is 0 Å². The van der Waals surface area contributed by atoms with Gasteiger partial charge in [-0.3, -0.25) is 9.78 Å². The van der Waals surface area contributed by atoms with Crippen LogP contribution < -0.4 is 20.1 Å². The summed E-state index contributed by atoms with van der Waals surface area (Å²) < 4.78 is 53.0. The van der Waals surface area contributed by atoms with Crippen molar-refractivity contribution < 1.29 is 27.4 Å². The molecule has 1 aliphatic heterocycles. The van der Waals surface area contributed by atoms with Crippen LogP contribution in [0.1, 0.15) is 34.6 Å². The largest absolute Gasteiger partial charge is 0.493 e. The van der Waals surface area contributed by atoms with Gasteiger partial charge in [-0.1, -0.05) is 6.07 Å². The number of rotatable bonds is 5. The standard InChI is InChI=1S/C21H20F3N5O3/c1-31-16-6-5-12(8-17(16)32-2)14-9-18(21(22,23)24)29-19(27-14)10-15(28-29)20(30)26-13-4-3-7-25-11-13/h3-8,10-11,14,18,27H,9H2,1-2H3,(H,26,30). The molecular formula is C21H20F3N5O3. The molecule has 0 aliphatic carbocycles. The number of nitrogens with one attached hydrogen (secondary N) is 2. The third-order valence-corrected chi connectivity index (χ3v) is 5.15. The number of hydrogen-bond acceptors (Lipinski definition) is 6. The monoisotopic (exact) mass is 447 g/mol. The van der Waals surface area contributed by atoms with Crippen LogP contribution in [0, 0.1) is 0 Å². The molecule has 3 heterocycles. The van der Waals surface area contributed by atoms with Crippen molar-refractivity contribution in [2.45, 2.75) is 24.7 Å². The number of ether oxygens (including phenoxy) is 2. The summed E-state index contributed by atoms with van der Waals surface area (Å²) in [5.74, 6) is 0.338. The van der Waals surface area contributed by atoms with E-state index in [4.69, 9.17) is 9.47 Å². The van der Waals surface area contributed by atoms with E-state index < -0.39 is 24.2 Å². The summed E-state index contributed by atoms with van der Waals surface area (Å²) in [5, 5.41) is 9.57. The van der Waals surface area contributed by atoms with Crippen LogP contribution >= 0.6 is 0 Å². The van der Waals surface area contributed by atoms with Crippen molar-refractivity contribution in [2.75, 3.05) is 24.9 Å². The van der Waals surface area contributed by atoms with Crippen LogP contribution in [0.2, 0.25) is 0 Å². The smallest absolute Gasteiger partial charge is 0.410 e. The quantitative estimate of drug-likeness (QED) is 0.609. The van der Waals surface area contributed by atoms with Crippen LogP contribution in [0.25, 0.3) is 0 Å². The van der Waals surface area contributed by atoms with Crippen LogP contribution in [0.15, 0.2) is 48.8 Å². The fourth-order valence-electron chi connectivity index (χ4n) is 3.60. The number of pyridine rings is 1. The first kappa shape index (κ1) is 21.5. The number of methoxy groups -OCH3 is 2. The molecule has 0 saturated carbocycles. The zero-order valence-corrected chi connectivity index (χ0v) is 17.2. The van der Waals surface area contributed by atoms with Crippen LogP contribution in [0.3, 0.4) is 0 Å². The number of hydrogen-bond donors (Lipinski definition) is 2. The van der Waals surface area contributed by atoms with Gasteiger partial charge in [0.1, 0.15) is 5.82 Å². The minimum Gasteiger partial charge on any atom is -0.493 e. The Morgan fingerprint density at radius 1 is 1.19 bits per heavy atom. The maximum absolute atomic E-state index is 13.9. The van der Waals surface area contributed by atoms with Gasteiger partial charge < -0.3 is 20.1 Å². The number of carbonyl (C=O) groups is 1. The number of alkyl halides is 3. The SMILES string of the molecule is COc1ccc(C2CC(C(F)(F)F)n3nc(C(=O)Nc4cccnc4)cc3N2)cc1OC. The van der Waals surface area contributed by atoms with E-state index in [9.17, 15) is 18.0 Å². The van der Waals surface area contributed by atoms with Gasteiger partial charge in [0.25, 0.3) is 5.91 Å². The first-order chi connectivity index (χ1) is 15.3. The third-order valence-electron chi connectivity index (χ3n) is 5.15. The number of benzene rings is 1. The molecule has 1 aliphatic rings. The Hall–Kier alpha value is -3.76. The zero-order valence-electron chi connectivity index (χ0n) is 17.2. The van der Waals surface area contributed by atoms with Gasteiger partial charge in [0.15, 0.2) is 23.2 Å². The minimum absolute atomic E-state index is 0.0923. The molecule has 0 radical (unpaired) electrons. The molecule has 0 bridgehead atoms. The van der Waals surface area contributed by atoms with Crippen LogP contribution in [0.4, 0.5) is 24.7 Å². The molecule has 168 valence electrons. The Morgan fingerprint density at radius 2 is 1.97 bits per heavy atom. The molecule has 11 heteroatoms. The minimum atomic E-state index is -4.56. The lowest BCUT2D eigenvalue weighted by atomic mass is 9.96. The number of fused-ring (bicyclic) bond motifs is 1. The molecule has 2 atom stereocenters. The molecule has 2 aromatic heterocycles. The van der Waals surface area contributed by atoms with E-state index in [1.54, 1.807) is 30.3 Å². The van der Waals surface area contributed by atoms with Crippen molar-refractivity contribution in [1.82, 2.24) is 14.8 Å². The Morgan fingerprint density at radius 3 is 2.62 bits per heavy atom. The van der Waals surface area contributed by atoms with Crippen molar-refractivity contribution in [2.24, 2.45) is 0 Å². The molecule has 1 amide bonds. The summed E-state index contributed by atoms with van der Waals surface area (Å²) in [5.41, 5.74) is 0.858. The Bertz CT molecular complexity index is 1120. The van der Waals surface area contributed by atoms with Crippen molar-refractivity contribution in [3.63, 3.8) is 0 Å². The van der Waals surface area contributed by atoms with E-state index in [0.29, 0.717) is 22.7 Å². The molecule has 8 nitrogen and oxygen atoms in total. The average molecular weight is 447 g/mol. The molecule has 1 aromatic carbocycles. The normalized spacial score (nSPS) is 17.8. The molecular weight excluding hydrogens is 427 g/mol. The highest BCUT2D eigenvalue weighted by Crippen LogP contribution is 2.44. The molecule has 3 aromatic rings. The van der Waals surface area contributed by atoms with Crippen molar-refractivity contribution in [1.29, 1.82) is 0 Å². The summed E-state index contributed by atoms with van der Waals surface area (Å²) in [6, 6.07) is 6.90. The van der Waals surface area contributed by atoms with Crippen molar-refractivity contribution in [3.8, 4) is 11.5 Å². The first-order valence-corrected chi connectivity index (χ1v) is 9.66. The van der Waals surface area contributed by atoms with Gasteiger partial charge in [-0.25, -0.2) is 4.68 Å². The molecule has 0 saturated heterocycles. The second kappa shape index (κ2) is 8.40. The first-order valence-electron chi connectivity index (χ1n) is 9.66. The van der Waals surface area contributed by atoms with Gasteiger partial charge in [0, 0.05) is 18.7 Å². The molecule has 32 heavy (non-hydrogen) atoms. The van der Waals surface area contributed by atoms with Crippen molar-refractivity contribution in [3.05, 3.63) is 60.0 Å². The summed E-state index contributed by atoms with van der Waals surface area (Å²) in [6.45, 7) is 0. The number of nitrogens with zero attached hydrogens (tertiary/aromatic N) is 3. The number of halogens is 3. The Balaban J connectivity index is 1.66. The van der Waals surface area contributed by atoms with E-state index in [2.05, 4.69) is 20.7 Å². The zero-order chi connectivity index (χ0) is 22.9. The highest BCUT2D eigenvalue weighted by atomic mass is 19.4. The van der Waals surface area contributed by atoms with Crippen LogP contribution in [0.5, 0.6) is 11.5 Å². The predicted molar refractivity (Wildman–Crippen MR) is 110 cm³/mol. The summed E-state index contributed by atoms with van der Waals surface area (Å²) in [6.07, 6.45) is -1.90. The topological polar surface area (TPSA) is 90.3 Å². The predicted octanol–water partition coefficient (Wildman–Crippen LogP) is 4.21. The van der Waals surface area contributed by atoms with Gasteiger partial charge in [0.2, 0.25) is 0 Å². The molecule has 2 unspecified atom stereocenters. The molecule has 0 fully saturated rings. The van der Waals surface area contributed by atoms with Gasteiger partial charge in [-0.05, 0) is 29.8 Å². The van der Waals surface area contributed by atoms with Crippen LogP contribution in [-0.2, 0) is 0 Å². The lowest BCUT2D eigenvalue weighted by Gasteiger charge is -2.33. The van der Waals surface area contributed by atoms with Gasteiger partial charge in [-0.2, -0.15) is 18.3 Å². The highest BCUT2D eigenvalue weighted by Gasteiger charge is 2.47. The number of anilines is 2. The van der Waals surface area contributed by atoms with Gasteiger partial charge in [0.05, 0.1) is 32.1 Å². The van der Waals surface area contributed by atoms with E-state index in [1.165, 1.54) is 32.7 Å². The summed E-state index contributed by atoms with van der Waals surface area (Å²) >= 11 is 0. The number of aromatic nitrogens is 3. The van der Waals surface area contributed by atoms with Crippen molar-refractivity contribution >= 4 is 17.4 Å². The van der Waals surface area contributed by atoms with Crippen LogP contribution in [-0.4, -0.2) is 41.1 Å². The maximum Gasteiger partial charge on any atom is 0.410 e. The summed E-state index contributed by atoms with van der Waals surface area (Å²) in [7, 11) is 2.93. The second-order valence-electron chi connectivity index (χ2n) is 7.16. The maximum atomic E-state index is 13.9. The Labute approximate surface area is 181 Å². The average Bonchev–Trinajstić information content (AvgIpc) is 3.22. The fraction of sp³-hybridized carbons (Fsp3) is 0.286. The highest BCUT2D eigenvalue weighted by molar-refractivity contribution is 6.03. The van der Waals surface area contributed by atoms with E-state index in [1.807, 2.05) is 0 Å². The van der Waals surface area contributed by atoms with Gasteiger partial charge in [-0.15, -0.1) is 0 Å². The van der Waals surface area contributed by atoms with E-state index in [0.717, 1.165) is 4.68 Å². The third kappa shape index (κ3) is 4.18. The lowest BCUT2D eigenvalue weighted by Crippen LogP contribution is -2.35. The number of carbonyl (C=O) groups excluding carboxylic acids is 1. The fourth-order valence-corrected chi connectivity index (χ4v) is 3.60. The molecule has 0 spiro atoms.